The van der Waals surface area contributed by atoms with Crippen LogP contribution in [-0.2, 0) is 14.3 Å². The van der Waals surface area contributed by atoms with Crippen LogP contribution < -0.4 is 5.32 Å². The van der Waals surface area contributed by atoms with E-state index in [1.165, 1.54) is 6.42 Å². The number of nitrogens with one attached hydrogen (secondary N) is 1. The average molecular weight is 554 g/mol. The van der Waals surface area contributed by atoms with E-state index in [2.05, 4.69) is 59.9 Å². The average Bonchev–Trinajstić information content (AvgIpc) is 3.56. The standard InChI is InChI=1S/C35H55NO4/c1-28(2,3)40-27(38)36-21-34-17-15-29(4,5)20-24(34)35-26(39-35)19-23-31(8)13-12-25(37)30(6,7)22(31)11-14-32(23,9)33(35,10)16-18-34/h12-13,22-24,26H,11,14-21H2,1-10H3,(H,36,38)/t22-,23?,24+,26?,31-,32+,33-,34+,35?/m0/s1. The molecule has 6 aliphatic rings. The maximum absolute atomic E-state index is 13.0. The molecule has 1 heterocycles. The zero-order valence-electron chi connectivity index (χ0n) is 27.0. The van der Waals surface area contributed by atoms with Crippen LogP contribution in [0, 0.1) is 50.2 Å². The first-order valence-corrected chi connectivity index (χ1v) is 16.1. The van der Waals surface area contributed by atoms with E-state index in [0.29, 0.717) is 30.1 Å². The van der Waals surface area contributed by atoms with Gasteiger partial charge < -0.3 is 14.8 Å². The van der Waals surface area contributed by atoms with Crippen LogP contribution in [0.15, 0.2) is 12.2 Å². The second kappa shape index (κ2) is 8.17. The summed E-state index contributed by atoms with van der Waals surface area (Å²) in [6.45, 7) is 23.3. The number of ketones is 1. The highest BCUT2D eigenvalue weighted by Gasteiger charge is 2.84. The molecule has 40 heavy (non-hydrogen) atoms. The molecule has 5 aliphatic carbocycles. The van der Waals surface area contributed by atoms with E-state index in [1.807, 2.05) is 26.8 Å². The molecular formula is C35H55NO4. The molecule has 0 bridgehead atoms. The zero-order valence-corrected chi connectivity index (χ0v) is 27.0. The van der Waals surface area contributed by atoms with Gasteiger partial charge in [0.15, 0.2) is 5.78 Å². The Balaban J connectivity index is 1.37. The van der Waals surface area contributed by atoms with Gasteiger partial charge in [-0.1, -0.05) is 54.5 Å². The summed E-state index contributed by atoms with van der Waals surface area (Å²) < 4.78 is 12.8. The van der Waals surface area contributed by atoms with Crippen LogP contribution in [0.25, 0.3) is 0 Å². The smallest absolute Gasteiger partial charge is 0.407 e. The minimum absolute atomic E-state index is 0.00414. The van der Waals surface area contributed by atoms with Gasteiger partial charge in [-0.15, -0.1) is 0 Å². The highest BCUT2D eigenvalue weighted by atomic mass is 16.6. The Morgan fingerprint density at radius 1 is 0.975 bits per heavy atom. The third-order valence-corrected chi connectivity index (χ3v) is 14.1. The number of allylic oxidation sites excluding steroid dienone is 2. The highest BCUT2D eigenvalue weighted by molar-refractivity contribution is 5.95. The minimum atomic E-state index is -0.501. The lowest BCUT2D eigenvalue weighted by molar-refractivity contribution is -0.218. The Morgan fingerprint density at radius 3 is 2.33 bits per heavy atom. The van der Waals surface area contributed by atoms with Gasteiger partial charge in [0.05, 0.1) is 6.10 Å². The minimum Gasteiger partial charge on any atom is -0.444 e. The van der Waals surface area contributed by atoms with Gasteiger partial charge >= 0.3 is 6.09 Å². The number of alkyl carbamates (subject to hydrolysis) is 1. The van der Waals surface area contributed by atoms with Crippen molar-refractivity contribution < 1.29 is 19.1 Å². The van der Waals surface area contributed by atoms with Crippen LogP contribution in [-0.4, -0.2) is 35.7 Å². The molecule has 0 aromatic carbocycles. The predicted octanol–water partition coefficient (Wildman–Crippen LogP) is 7.87. The van der Waals surface area contributed by atoms with E-state index in [1.54, 1.807) is 0 Å². The number of carbonyl (C=O) groups excluding carboxylic acids is 2. The summed E-state index contributed by atoms with van der Waals surface area (Å²) in [6, 6.07) is 0. The van der Waals surface area contributed by atoms with Crippen molar-refractivity contribution in [3.8, 4) is 0 Å². The number of rotatable bonds is 2. The number of hydrogen-bond acceptors (Lipinski definition) is 4. The van der Waals surface area contributed by atoms with E-state index >= 15 is 0 Å². The molecule has 1 spiro atoms. The molecule has 9 atom stereocenters. The molecule has 5 heteroatoms. The van der Waals surface area contributed by atoms with Crippen LogP contribution in [0.2, 0.25) is 0 Å². The van der Waals surface area contributed by atoms with Crippen LogP contribution in [0.4, 0.5) is 4.79 Å². The molecule has 5 fully saturated rings. The van der Waals surface area contributed by atoms with Crippen LogP contribution in [0.5, 0.6) is 0 Å². The Labute approximate surface area is 243 Å². The number of amides is 1. The van der Waals surface area contributed by atoms with E-state index < -0.39 is 5.60 Å². The molecule has 0 aromatic heterocycles. The van der Waals surface area contributed by atoms with Crippen molar-refractivity contribution >= 4 is 11.9 Å². The largest absolute Gasteiger partial charge is 0.444 e. The monoisotopic (exact) mass is 553 g/mol. The van der Waals surface area contributed by atoms with Gasteiger partial charge in [0.2, 0.25) is 0 Å². The number of epoxide rings is 1. The van der Waals surface area contributed by atoms with Gasteiger partial charge in [-0.05, 0) is 118 Å². The van der Waals surface area contributed by atoms with Crippen LogP contribution >= 0.6 is 0 Å². The summed E-state index contributed by atoms with van der Waals surface area (Å²) in [5, 5.41) is 3.23. The van der Waals surface area contributed by atoms with E-state index in [-0.39, 0.29) is 50.3 Å². The quantitative estimate of drug-likeness (QED) is 0.353. The van der Waals surface area contributed by atoms with Crippen molar-refractivity contribution in [2.75, 3.05) is 6.54 Å². The predicted molar refractivity (Wildman–Crippen MR) is 158 cm³/mol. The number of hydrogen-bond donors (Lipinski definition) is 1. The summed E-state index contributed by atoms with van der Waals surface area (Å²) in [5.74, 6) is 1.59. The second-order valence-electron chi connectivity index (χ2n) is 18.0. The third kappa shape index (κ3) is 3.60. The maximum Gasteiger partial charge on any atom is 0.407 e. The Hall–Kier alpha value is -1.36. The molecule has 224 valence electrons. The Morgan fingerprint density at radius 2 is 1.65 bits per heavy atom. The first-order valence-electron chi connectivity index (χ1n) is 16.1. The lowest BCUT2D eigenvalue weighted by Gasteiger charge is -2.71. The summed E-state index contributed by atoms with van der Waals surface area (Å²) >= 11 is 0. The molecular weight excluding hydrogens is 498 g/mol. The lowest BCUT2D eigenvalue weighted by atomic mass is 9.32. The van der Waals surface area contributed by atoms with Crippen LogP contribution in [0.3, 0.4) is 0 Å². The normalized spacial score (nSPS) is 49.9. The second-order valence-corrected chi connectivity index (χ2v) is 18.0. The van der Waals surface area contributed by atoms with E-state index in [4.69, 9.17) is 9.47 Å². The number of carbonyl (C=O) groups is 2. The Bertz CT molecular complexity index is 1150. The molecule has 1 saturated heterocycles. The van der Waals surface area contributed by atoms with Crippen molar-refractivity contribution in [3.63, 3.8) is 0 Å². The fraction of sp³-hybridized carbons (Fsp3) is 0.886. The van der Waals surface area contributed by atoms with Gasteiger partial charge in [0.25, 0.3) is 0 Å². The molecule has 4 saturated carbocycles. The Kier molecular flexibility index (Phi) is 5.87. The van der Waals surface area contributed by atoms with Gasteiger partial charge in [0, 0.05) is 17.4 Å². The first kappa shape index (κ1) is 28.7. The number of ether oxygens (including phenoxy) is 2. The number of fused-ring (bicyclic) bond motifs is 5. The molecule has 1 amide bonds. The van der Waals surface area contributed by atoms with Crippen molar-refractivity contribution in [2.24, 2.45) is 50.2 Å². The molecule has 5 nitrogen and oxygen atoms in total. The van der Waals surface area contributed by atoms with Gasteiger partial charge in [-0.25, -0.2) is 4.79 Å². The summed E-state index contributed by atoms with van der Waals surface area (Å²) in [7, 11) is 0. The topological polar surface area (TPSA) is 67.9 Å². The first-order chi connectivity index (χ1) is 18.3. The molecule has 0 radical (unpaired) electrons. The fourth-order valence-corrected chi connectivity index (χ4v) is 11.7. The molecule has 6 rings (SSSR count). The molecule has 0 aromatic rings. The zero-order chi connectivity index (χ0) is 29.4. The highest BCUT2D eigenvalue weighted by Crippen LogP contribution is 2.82. The van der Waals surface area contributed by atoms with Crippen molar-refractivity contribution in [1.82, 2.24) is 5.32 Å². The van der Waals surface area contributed by atoms with Gasteiger partial charge in [-0.2, -0.15) is 0 Å². The van der Waals surface area contributed by atoms with Crippen molar-refractivity contribution in [2.45, 2.75) is 138 Å². The van der Waals surface area contributed by atoms with Crippen LogP contribution in [0.1, 0.15) is 121 Å². The van der Waals surface area contributed by atoms with Gasteiger partial charge in [0.1, 0.15) is 11.2 Å². The molecule has 1 aliphatic heterocycles. The lowest BCUT2D eigenvalue weighted by Crippen LogP contribution is -2.71. The van der Waals surface area contributed by atoms with Gasteiger partial charge in [-0.3, -0.25) is 4.79 Å². The summed E-state index contributed by atoms with van der Waals surface area (Å²) in [5.41, 5.74) is -0.425. The molecule has 3 unspecified atom stereocenters. The SMILES string of the molecule is CC1(C)CC[C@]2(CNC(=O)OC(C)(C)C)CC[C@]3(C)C4(OC4CC4[C@@]5(C)C=CC(=O)C(C)(C)[C@@H]5CC[C@]43C)[C@@H]2C1. The van der Waals surface area contributed by atoms with E-state index in [9.17, 15) is 9.59 Å². The van der Waals surface area contributed by atoms with Crippen molar-refractivity contribution in [1.29, 1.82) is 0 Å². The summed E-state index contributed by atoms with van der Waals surface area (Å²) in [4.78, 5) is 25.8. The van der Waals surface area contributed by atoms with Crippen molar-refractivity contribution in [3.05, 3.63) is 12.2 Å². The fourth-order valence-electron chi connectivity index (χ4n) is 11.7. The maximum atomic E-state index is 13.0. The van der Waals surface area contributed by atoms with E-state index in [0.717, 1.165) is 44.9 Å². The third-order valence-electron chi connectivity index (χ3n) is 14.1. The summed E-state index contributed by atoms with van der Waals surface area (Å²) in [6.07, 6.45) is 13.3. The molecule has 1 N–H and O–H groups in total.